The molecular formula is C16H8O8Pb. The van der Waals surface area contributed by atoms with Crippen LogP contribution in [0.25, 0.3) is 0 Å². The van der Waals surface area contributed by atoms with Gasteiger partial charge in [-0.05, 0) is 0 Å². The minimum atomic E-state index is -5.79. The van der Waals surface area contributed by atoms with E-state index in [4.69, 9.17) is 10.7 Å². The first kappa shape index (κ1) is 15.8. The third-order valence-electron chi connectivity index (χ3n) is 3.60. The second kappa shape index (κ2) is 5.65. The second-order valence-corrected chi connectivity index (χ2v) is 12.2. The van der Waals surface area contributed by atoms with Gasteiger partial charge in [-0.15, -0.1) is 0 Å². The number of carbonyl (C=O) groups excluding carboxylic acids is 4. The van der Waals surface area contributed by atoms with Gasteiger partial charge in [-0.2, -0.15) is 0 Å². The van der Waals surface area contributed by atoms with Crippen molar-refractivity contribution < 1.29 is 29.9 Å². The van der Waals surface area contributed by atoms with Crippen LogP contribution in [-0.2, 0) is 10.7 Å². The molecule has 0 aliphatic carbocycles. The molecule has 2 aromatic rings. The predicted molar refractivity (Wildman–Crippen MR) is 80.3 cm³/mol. The van der Waals surface area contributed by atoms with Gasteiger partial charge in [0, 0.05) is 0 Å². The molecule has 2 heterocycles. The van der Waals surface area contributed by atoms with Crippen molar-refractivity contribution in [1.82, 2.24) is 0 Å². The van der Waals surface area contributed by atoms with E-state index in [1.54, 1.807) is 0 Å². The van der Waals surface area contributed by atoms with Gasteiger partial charge < -0.3 is 0 Å². The van der Waals surface area contributed by atoms with Crippen molar-refractivity contribution in [2.45, 2.75) is 0 Å². The Morgan fingerprint density at radius 1 is 0.480 bits per heavy atom. The summed E-state index contributed by atoms with van der Waals surface area (Å²) in [6.45, 7) is 0. The van der Waals surface area contributed by atoms with Crippen molar-refractivity contribution >= 4 is 46.9 Å². The van der Waals surface area contributed by atoms with Gasteiger partial charge in [-0.25, -0.2) is 0 Å². The van der Waals surface area contributed by atoms with Gasteiger partial charge in [0.25, 0.3) is 0 Å². The van der Waals surface area contributed by atoms with Crippen molar-refractivity contribution in [2.75, 3.05) is 0 Å². The van der Waals surface area contributed by atoms with Crippen molar-refractivity contribution in [3.8, 4) is 0 Å². The van der Waals surface area contributed by atoms with E-state index in [2.05, 4.69) is 0 Å². The second-order valence-electron chi connectivity index (χ2n) is 5.15. The number of benzene rings is 2. The fraction of sp³-hybridized carbons (Fsp3) is 0. The predicted octanol–water partition coefficient (Wildman–Crippen LogP) is 1.48. The quantitative estimate of drug-likeness (QED) is 0.468. The number of rotatable bonds is 0. The Kier molecular flexibility index (Phi) is 3.56. The summed E-state index contributed by atoms with van der Waals surface area (Å²) in [5.41, 5.74) is -0.229. The van der Waals surface area contributed by atoms with Gasteiger partial charge in [0.2, 0.25) is 0 Å². The van der Waals surface area contributed by atoms with E-state index in [9.17, 15) is 19.2 Å². The molecule has 25 heavy (non-hydrogen) atoms. The van der Waals surface area contributed by atoms with Crippen LogP contribution in [-0.4, -0.2) is 46.9 Å². The first-order chi connectivity index (χ1) is 12.0. The van der Waals surface area contributed by atoms with Crippen LogP contribution in [0.15, 0.2) is 48.5 Å². The Morgan fingerprint density at radius 2 is 0.720 bits per heavy atom. The molecule has 0 aromatic heterocycles. The molecule has 2 aromatic carbocycles. The van der Waals surface area contributed by atoms with Gasteiger partial charge in [0.15, 0.2) is 0 Å². The average Bonchev–Trinajstić information content (AvgIpc) is 2.76. The summed E-state index contributed by atoms with van der Waals surface area (Å²) < 4.78 is 20.6. The van der Waals surface area contributed by atoms with Gasteiger partial charge in [0.1, 0.15) is 0 Å². The summed E-state index contributed by atoms with van der Waals surface area (Å²) in [4.78, 5) is 49.4. The number of fused-ring (bicyclic) bond motifs is 2. The van der Waals surface area contributed by atoms with Crippen molar-refractivity contribution in [2.24, 2.45) is 0 Å². The maximum atomic E-state index is 12.3. The van der Waals surface area contributed by atoms with Crippen LogP contribution in [0.2, 0.25) is 0 Å². The number of hydrogen-bond donors (Lipinski definition) is 0. The van der Waals surface area contributed by atoms with E-state index < -0.39 is 46.9 Å². The molecule has 0 fully saturated rings. The molecule has 0 saturated carbocycles. The van der Waals surface area contributed by atoms with Crippen LogP contribution in [0.3, 0.4) is 0 Å². The van der Waals surface area contributed by atoms with Gasteiger partial charge >= 0.3 is 148 Å². The molecule has 4 rings (SSSR count). The van der Waals surface area contributed by atoms with E-state index in [-0.39, 0.29) is 22.3 Å². The fourth-order valence-electron chi connectivity index (χ4n) is 2.48. The van der Waals surface area contributed by atoms with E-state index in [1.807, 2.05) is 0 Å². The summed E-state index contributed by atoms with van der Waals surface area (Å²) in [5, 5.41) is 0. The van der Waals surface area contributed by atoms with Gasteiger partial charge in [-0.1, -0.05) is 0 Å². The van der Waals surface area contributed by atoms with Crippen LogP contribution in [0.4, 0.5) is 0 Å². The summed E-state index contributed by atoms with van der Waals surface area (Å²) in [6.07, 6.45) is 0. The molecule has 8 nitrogen and oxygen atoms in total. The Labute approximate surface area is 147 Å². The Hall–Kier alpha value is -2.76. The standard InChI is InChI=1S/2C8H6O4.Pb/c2*9-7(10)5-3-1-2-4-6(5)8(11)12;/h2*1-4H,(H,9,10)(H,11,12);/q;;+4/p-4. The zero-order valence-corrected chi connectivity index (χ0v) is 16.3. The molecule has 0 amide bonds. The first-order valence-electron chi connectivity index (χ1n) is 7.10. The van der Waals surface area contributed by atoms with E-state index in [1.165, 1.54) is 48.5 Å². The molecule has 0 atom stereocenters. The van der Waals surface area contributed by atoms with Gasteiger partial charge in [0.05, 0.1) is 0 Å². The molecule has 124 valence electrons. The minimum absolute atomic E-state index is 0.0572. The molecule has 1 spiro atoms. The van der Waals surface area contributed by atoms with Crippen LogP contribution in [0.5, 0.6) is 0 Å². The molecular weight excluding hydrogens is 527 g/mol. The molecule has 2 aliphatic rings. The van der Waals surface area contributed by atoms with Crippen molar-refractivity contribution in [3.05, 3.63) is 70.8 Å². The van der Waals surface area contributed by atoms with Crippen molar-refractivity contribution in [3.63, 3.8) is 0 Å². The van der Waals surface area contributed by atoms with E-state index in [0.29, 0.717) is 0 Å². The zero-order chi connectivity index (χ0) is 17.6. The summed E-state index contributed by atoms with van der Waals surface area (Å²) >= 11 is -5.79. The number of carbonyl (C=O) groups is 4. The van der Waals surface area contributed by atoms with Crippen molar-refractivity contribution in [1.29, 1.82) is 0 Å². The first-order valence-corrected chi connectivity index (χ1v) is 13.5. The molecule has 0 unspecified atom stereocenters. The van der Waals surface area contributed by atoms with Crippen LogP contribution < -0.4 is 0 Å². The third kappa shape index (κ3) is 2.58. The SMILES string of the molecule is O=C1[O][Pb]2([O]C(=O)c3ccccc31)[O]C(=O)c1ccccc1C(=O)[O]2. The molecule has 0 N–H and O–H groups in total. The molecule has 0 radical (unpaired) electrons. The topological polar surface area (TPSA) is 105 Å². The summed E-state index contributed by atoms with van der Waals surface area (Å²) in [6, 6.07) is 11.6. The molecule has 0 bridgehead atoms. The molecule has 2 aliphatic heterocycles. The Bertz CT molecular complexity index is 796. The molecule has 0 saturated heterocycles. The zero-order valence-electron chi connectivity index (χ0n) is 12.4. The molecule has 9 heteroatoms. The van der Waals surface area contributed by atoms with Crippen LogP contribution in [0.1, 0.15) is 41.4 Å². The van der Waals surface area contributed by atoms with Gasteiger partial charge in [-0.3, -0.25) is 0 Å². The third-order valence-corrected chi connectivity index (χ3v) is 10.4. The fourth-order valence-corrected chi connectivity index (χ4v) is 8.69. The monoisotopic (exact) mass is 536 g/mol. The van der Waals surface area contributed by atoms with E-state index >= 15 is 0 Å². The average molecular weight is 535 g/mol. The van der Waals surface area contributed by atoms with E-state index in [0.717, 1.165) is 0 Å². The van der Waals surface area contributed by atoms with Crippen LogP contribution in [0, 0.1) is 0 Å². The summed E-state index contributed by atoms with van der Waals surface area (Å²) in [7, 11) is 0. The maximum absolute atomic E-state index is 12.3. The van der Waals surface area contributed by atoms with Crippen LogP contribution >= 0.6 is 0 Å². The normalized spacial score (nSPS) is 17.9. The number of hydrogen-bond acceptors (Lipinski definition) is 8. The Balaban J connectivity index is 1.79. The summed E-state index contributed by atoms with van der Waals surface area (Å²) in [5.74, 6) is -3.80. The Morgan fingerprint density at radius 3 is 0.960 bits per heavy atom.